The Morgan fingerprint density at radius 2 is 1.00 bits per heavy atom. The summed E-state index contributed by atoms with van der Waals surface area (Å²) in [5.41, 5.74) is 0. The normalized spacial score (nSPS) is 34.3. The van der Waals surface area contributed by atoms with Crippen LogP contribution in [0.5, 0.6) is 0 Å². The van der Waals surface area contributed by atoms with Crippen LogP contribution in [0.25, 0.3) is 0 Å². The van der Waals surface area contributed by atoms with E-state index in [-0.39, 0.29) is 11.6 Å². The molecule has 2 aliphatic carbocycles. The molecule has 3 heteroatoms. The van der Waals surface area contributed by atoms with Crippen molar-refractivity contribution in [2.75, 3.05) is 0 Å². The van der Waals surface area contributed by atoms with Crippen molar-refractivity contribution >= 4 is 0 Å². The fraction of sp³-hybridized carbons (Fsp3) is 1.00. The van der Waals surface area contributed by atoms with E-state index in [2.05, 4.69) is 0 Å². The average molecular weight is 198 g/mol. The van der Waals surface area contributed by atoms with Crippen LogP contribution in [0.3, 0.4) is 0 Å². The summed E-state index contributed by atoms with van der Waals surface area (Å²) in [6.45, 7) is 0. The molecule has 1 heterocycles. The largest absolute Gasteiger partial charge is 0.312 e. The third-order valence-corrected chi connectivity index (χ3v) is 3.70. The summed E-state index contributed by atoms with van der Waals surface area (Å²) in [6.07, 6.45) is 10.2. The molecule has 0 atom stereocenters. The minimum Gasteiger partial charge on any atom is -0.312 e. The molecule has 1 saturated heterocycles. The molecular formula is C11H18O3. The lowest BCUT2D eigenvalue weighted by atomic mass is 9.94. The Kier molecular flexibility index (Phi) is 2.08. The van der Waals surface area contributed by atoms with E-state index in [9.17, 15) is 0 Å². The van der Waals surface area contributed by atoms with Crippen molar-refractivity contribution in [3.63, 3.8) is 0 Å². The Balaban J connectivity index is 1.73. The van der Waals surface area contributed by atoms with Crippen LogP contribution in [-0.4, -0.2) is 11.6 Å². The molecule has 3 aliphatic rings. The molecule has 1 aliphatic heterocycles. The molecule has 0 aromatic rings. The molecule has 2 spiro atoms. The Bertz CT molecular complexity index is 215. The van der Waals surface area contributed by atoms with Gasteiger partial charge in [0, 0.05) is 25.7 Å². The average Bonchev–Trinajstić information content (AvgIpc) is 2.78. The van der Waals surface area contributed by atoms with Crippen molar-refractivity contribution < 1.29 is 14.5 Å². The van der Waals surface area contributed by atoms with Crippen molar-refractivity contribution in [2.24, 2.45) is 0 Å². The molecular weight excluding hydrogens is 180 g/mol. The lowest BCUT2D eigenvalue weighted by molar-refractivity contribution is -0.353. The standard InChI is InChI=1S/C11H18O3/c1-2-6-10(7-3-1)12-11(14-13-10)8-4-5-9-11/h1-9H2. The Morgan fingerprint density at radius 1 is 0.571 bits per heavy atom. The predicted molar refractivity (Wildman–Crippen MR) is 50.3 cm³/mol. The highest BCUT2D eigenvalue weighted by atomic mass is 17.3. The molecule has 14 heavy (non-hydrogen) atoms. The molecule has 3 nitrogen and oxygen atoms in total. The lowest BCUT2D eigenvalue weighted by Crippen LogP contribution is -2.36. The molecule has 0 aromatic heterocycles. The van der Waals surface area contributed by atoms with Crippen LogP contribution in [0.15, 0.2) is 0 Å². The van der Waals surface area contributed by atoms with Crippen molar-refractivity contribution in [1.82, 2.24) is 0 Å². The van der Waals surface area contributed by atoms with E-state index in [0.29, 0.717) is 0 Å². The molecule has 3 rings (SSSR count). The molecule has 3 fully saturated rings. The van der Waals surface area contributed by atoms with Gasteiger partial charge in [0.2, 0.25) is 11.6 Å². The predicted octanol–water partition coefficient (Wildman–Crippen LogP) is 2.90. The molecule has 80 valence electrons. The van der Waals surface area contributed by atoms with Crippen LogP contribution in [0, 0.1) is 0 Å². The van der Waals surface area contributed by atoms with Crippen LogP contribution in [0.2, 0.25) is 0 Å². The second-order valence-electron chi connectivity index (χ2n) is 4.86. The van der Waals surface area contributed by atoms with Gasteiger partial charge in [-0.15, -0.1) is 0 Å². The molecule has 0 N–H and O–H groups in total. The first-order valence-corrected chi connectivity index (χ1v) is 5.90. The van der Waals surface area contributed by atoms with Gasteiger partial charge < -0.3 is 4.74 Å². The zero-order valence-corrected chi connectivity index (χ0v) is 8.59. The number of ether oxygens (including phenoxy) is 1. The van der Waals surface area contributed by atoms with Crippen LogP contribution < -0.4 is 0 Å². The number of hydrogen-bond donors (Lipinski definition) is 0. The maximum Gasteiger partial charge on any atom is 0.204 e. The van der Waals surface area contributed by atoms with Crippen LogP contribution in [-0.2, 0) is 14.5 Å². The van der Waals surface area contributed by atoms with Crippen molar-refractivity contribution in [1.29, 1.82) is 0 Å². The van der Waals surface area contributed by atoms with Gasteiger partial charge in [-0.25, -0.2) is 0 Å². The van der Waals surface area contributed by atoms with E-state index in [1.54, 1.807) is 0 Å². The summed E-state index contributed by atoms with van der Waals surface area (Å²) in [5.74, 6) is -0.736. The van der Waals surface area contributed by atoms with Gasteiger partial charge in [0.05, 0.1) is 0 Å². The van der Waals surface area contributed by atoms with E-state index in [1.165, 1.54) is 32.1 Å². The summed E-state index contributed by atoms with van der Waals surface area (Å²) in [6, 6.07) is 0. The van der Waals surface area contributed by atoms with Gasteiger partial charge in [0.25, 0.3) is 0 Å². The van der Waals surface area contributed by atoms with E-state index in [1.807, 2.05) is 0 Å². The lowest BCUT2D eigenvalue weighted by Gasteiger charge is -2.30. The third-order valence-electron chi connectivity index (χ3n) is 3.70. The Labute approximate surface area is 84.6 Å². The second-order valence-corrected chi connectivity index (χ2v) is 4.86. The van der Waals surface area contributed by atoms with Crippen LogP contribution in [0.4, 0.5) is 0 Å². The summed E-state index contributed by atoms with van der Waals surface area (Å²) >= 11 is 0. The first kappa shape index (κ1) is 9.13. The highest BCUT2D eigenvalue weighted by Crippen LogP contribution is 2.48. The van der Waals surface area contributed by atoms with Crippen molar-refractivity contribution in [2.45, 2.75) is 69.4 Å². The number of hydrogen-bond acceptors (Lipinski definition) is 3. The van der Waals surface area contributed by atoms with Gasteiger partial charge in [0.15, 0.2) is 0 Å². The Morgan fingerprint density at radius 3 is 1.50 bits per heavy atom. The minimum atomic E-state index is -0.372. The maximum atomic E-state index is 6.09. The first-order valence-electron chi connectivity index (χ1n) is 5.90. The molecule has 0 unspecified atom stereocenters. The minimum absolute atomic E-state index is 0.364. The fourth-order valence-corrected chi connectivity index (χ4v) is 2.90. The van der Waals surface area contributed by atoms with Gasteiger partial charge >= 0.3 is 0 Å². The van der Waals surface area contributed by atoms with Crippen molar-refractivity contribution in [3.8, 4) is 0 Å². The van der Waals surface area contributed by atoms with E-state index < -0.39 is 0 Å². The molecule has 0 amide bonds. The van der Waals surface area contributed by atoms with Gasteiger partial charge in [-0.1, -0.05) is 6.42 Å². The number of rotatable bonds is 0. The molecule has 2 saturated carbocycles. The summed E-state index contributed by atoms with van der Waals surface area (Å²) in [5, 5.41) is 0. The molecule has 0 bridgehead atoms. The molecule has 0 aromatic carbocycles. The maximum absolute atomic E-state index is 6.09. The van der Waals surface area contributed by atoms with Crippen LogP contribution in [0.1, 0.15) is 57.8 Å². The SMILES string of the molecule is C1CCC2(CC1)OOC1(CCCC1)O2. The third kappa shape index (κ3) is 1.38. The van der Waals surface area contributed by atoms with Gasteiger partial charge in [0.1, 0.15) is 0 Å². The summed E-state index contributed by atoms with van der Waals surface area (Å²) in [4.78, 5) is 11.0. The zero-order valence-electron chi connectivity index (χ0n) is 8.59. The highest BCUT2D eigenvalue weighted by Gasteiger charge is 2.54. The first-order chi connectivity index (χ1) is 6.83. The highest BCUT2D eigenvalue weighted by molar-refractivity contribution is 4.86. The molecule has 0 radical (unpaired) electrons. The summed E-state index contributed by atoms with van der Waals surface area (Å²) < 4.78 is 6.09. The topological polar surface area (TPSA) is 27.7 Å². The van der Waals surface area contributed by atoms with E-state index >= 15 is 0 Å². The second kappa shape index (κ2) is 3.19. The van der Waals surface area contributed by atoms with Gasteiger partial charge in [-0.05, 0) is 25.7 Å². The Hall–Kier alpha value is -0.120. The quantitative estimate of drug-likeness (QED) is 0.560. The van der Waals surface area contributed by atoms with Crippen LogP contribution >= 0.6 is 0 Å². The van der Waals surface area contributed by atoms with Gasteiger partial charge in [-0.3, -0.25) is 0 Å². The fourth-order valence-electron chi connectivity index (χ4n) is 2.90. The van der Waals surface area contributed by atoms with E-state index in [0.717, 1.165) is 25.7 Å². The summed E-state index contributed by atoms with van der Waals surface area (Å²) in [7, 11) is 0. The smallest absolute Gasteiger partial charge is 0.204 e. The van der Waals surface area contributed by atoms with Crippen molar-refractivity contribution in [3.05, 3.63) is 0 Å². The van der Waals surface area contributed by atoms with E-state index in [4.69, 9.17) is 14.5 Å². The zero-order chi connectivity index (χ0) is 9.49. The van der Waals surface area contributed by atoms with Gasteiger partial charge in [-0.2, -0.15) is 9.78 Å². The monoisotopic (exact) mass is 198 g/mol.